The highest BCUT2D eigenvalue weighted by molar-refractivity contribution is 5.85. The van der Waals surface area contributed by atoms with Gasteiger partial charge in [-0.25, -0.2) is 0 Å². The molecule has 4 nitrogen and oxygen atoms in total. The third kappa shape index (κ3) is 10.2. The second-order valence-corrected chi connectivity index (χ2v) is 5.14. The van der Waals surface area contributed by atoms with Crippen molar-refractivity contribution in [3.63, 3.8) is 0 Å². The van der Waals surface area contributed by atoms with E-state index in [9.17, 15) is 4.79 Å². The molecule has 1 aliphatic rings. The van der Waals surface area contributed by atoms with E-state index in [4.69, 9.17) is 4.74 Å². The molecule has 0 bridgehead atoms. The van der Waals surface area contributed by atoms with E-state index in [1.54, 1.807) is 7.11 Å². The number of nitrogens with one attached hydrogen (secondary N) is 2. The highest BCUT2D eigenvalue weighted by Gasteiger charge is 2.14. The molecule has 0 aromatic rings. The van der Waals surface area contributed by atoms with Crippen LogP contribution in [0.25, 0.3) is 0 Å². The van der Waals surface area contributed by atoms with Gasteiger partial charge in [0.25, 0.3) is 0 Å². The van der Waals surface area contributed by atoms with Gasteiger partial charge in [-0.05, 0) is 18.8 Å². The molecule has 1 fully saturated rings. The molecule has 5 heteroatoms. The molecule has 1 saturated carbocycles. The Morgan fingerprint density at radius 1 is 1.21 bits per heavy atom. The number of hydrogen-bond donors (Lipinski definition) is 2. The number of carbonyl (C=O) groups excluding carboxylic acids is 1. The summed E-state index contributed by atoms with van der Waals surface area (Å²) in [6, 6.07) is 0. The van der Waals surface area contributed by atoms with E-state index in [2.05, 4.69) is 10.6 Å². The first-order valence-electron chi connectivity index (χ1n) is 7.29. The van der Waals surface area contributed by atoms with E-state index in [0.717, 1.165) is 32.0 Å². The van der Waals surface area contributed by atoms with Gasteiger partial charge in [0.2, 0.25) is 5.91 Å². The number of ether oxygens (including phenoxy) is 1. The maximum atomic E-state index is 11.5. The van der Waals surface area contributed by atoms with Gasteiger partial charge in [0.1, 0.15) is 0 Å². The van der Waals surface area contributed by atoms with E-state index < -0.39 is 0 Å². The van der Waals surface area contributed by atoms with Crippen LogP contribution < -0.4 is 10.6 Å². The lowest BCUT2D eigenvalue weighted by molar-refractivity contribution is -0.121. The van der Waals surface area contributed by atoms with E-state index in [-0.39, 0.29) is 18.3 Å². The lowest BCUT2D eigenvalue weighted by Crippen LogP contribution is -2.32. The molecule has 0 aromatic carbocycles. The molecule has 0 radical (unpaired) electrons. The number of rotatable bonds is 10. The molecule has 19 heavy (non-hydrogen) atoms. The molecule has 0 spiro atoms. The average molecular weight is 293 g/mol. The molecule has 0 unspecified atom stereocenters. The zero-order valence-corrected chi connectivity index (χ0v) is 12.9. The first kappa shape index (κ1) is 18.7. The molecule has 1 rings (SSSR count). The summed E-state index contributed by atoms with van der Waals surface area (Å²) in [5.41, 5.74) is 0. The Morgan fingerprint density at radius 3 is 2.63 bits per heavy atom. The van der Waals surface area contributed by atoms with Gasteiger partial charge < -0.3 is 15.4 Å². The van der Waals surface area contributed by atoms with Crippen molar-refractivity contribution in [2.24, 2.45) is 5.92 Å². The summed E-state index contributed by atoms with van der Waals surface area (Å²) < 4.78 is 4.92. The van der Waals surface area contributed by atoms with Crippen LogP contribution in [0.1, 0.15) is 44.9 Å². The Labute approximate surface area is 123 Å². The maximum absolute atomic E-state index is 11.5. The minimum absolute atomic E-state index is 0. The van der Waals surface area contributed by atoms with Crippen molar-refractivity contribution < 1.29 is 9.53 Å². The van der Waals surface area contributed by atoms with Crippen molar-refractivity contribution in [3.05, 3.63) is 0 Å². The lowest BCUT2D eigenvalue weighted by atomic mass is 10.0. The number of amides is 1. The van der Waals surface area contributed by atoms with Crippen LogP contribution in [-0.4, -0.2) is 39.3 Å². The van der Waals surface area contributed by atoms with Crippen LogP contribution in [0.15, 0.2) is 0 Å². The van der Waals surface area contributed by atoms with Crippen LogP contribution in [0.4, 0.5) is 0 Å². The summed E-state index contributed by atoms with van der Waals surface area (Å²) in [6.45, 7) is 3.09. The number of methoxy groups -OCH3 is 1. The topological polar surface area (TPSA) is 50.4 Å². The summed E-state index contributed by atoms with van der Waals surface area (Å²) in [5.74, 6) is 1.09. The highest BCUT2D eigenvalue weighted by atomic mass is 35.5. The molecule has 0 atom stereocenters. The zero-order valence-electron chi connectivity index (χ0n) is 12.1. The molecule has 0 aliphatic heterocycles. The summed E-state index contributed by atoms with van der Waals surface area (Å²) >= 11 is 0. The Morgan fingerprint density at radius 2 is 1.95 bits per heavy atom. The van der Waals surface area contributed by atoms with E-state index in [0.29, 0.717) is 13.0 Å². The average Bonchev–Trinajstić information content (AvgIpc) is 2.87. The van der Waals surface area contributed by atoms with Crippen LogP contribution in [0.5, 0.6) is 0 Å². The van der Waals surface area contributed by atoms with Gasteiger partial charge >= 0.3 is 0 Å². The monoisotopic (exact) mass is 292 g/mol. The Hall–Kier alpha value is -0.320. The van der Waals surface area contributed by atoms with Gasteiger partial charge in [-0.1, -0.05) is 25.7 Å². The Balaban J connectivity index is 0.00000324. The van der Waals surface area contributed by atoms with Gasteiger partial charge in [0.05, 0.1) is 6.61 Å². The molecule has 114 valence electrons. The summed E-state index contributed by atoms with van der Waals surface area (Å²) in [5, 5.41) is 6.15. The third-order valence-corrected chi connectivity index (χ3v) is 3.60. The highest BCUT2D eigenvalue weighted by Crippen LogP contribution is 2.28. The third-order valence-electron chi connectivity index (χ3n) is 3.60. The van der Waals surface area contributed by atoms with Gasteiger partial charge in [0, 0.05) is 33.2 Å². The Bertz CT molecular complexity index is 221. The standard InChI is InChI=1S/C14H28N2O2.ClH/c1-18-12-11-15-9-10-16-14(17)8-4-7-13-5-2-3-6-13;/h13,15H,2-12H2,1H3,(H,16,17);1H. The van der Waals surface area contributed by atoms with Crippen LogP contribution in [0.2, 0.25) is 0 Å². The molecule has 0 heterocycles. The Kier molecular flexibility index (Phi) is 12.5. The van der Waals surface area contributed by atoms with Crippen molar-refractivity contribution in [1.82, 2.24) is 10.6 Å². The van der Waals surface area contributed by atoms with Gasteiger partial charge in [-0.3, -0.25) is 4.79 Å². The van der Waals surface area contributed by atoms with E-state index in [1.807, 2.05) is 0 Å². The molecule has 1 amide bonds. The minimum Gasteiger partial charge on any atom is -0.383 e. The molecular weight excluding hydrogens is 264 g/mol. The predicted octanol–water partition coefficient (Wildman–Crippen LogP) is 2.12. The van der Waals surface area contributed by atoms with Crippen LogP contribution in [-0.2, 0) is 9.53 Å². The number of hydrogen-bond acceptors (Lipinski definition) is 3. The first-order valence-corrected chi connectivity index (χ1v) is 7.29. The number of halogens is 1. The van der Waals surface area contributed by atoms with Crippen molar-refractivity contribution in [1.29, 1.82) is 0 Å². The van der Waals surface area contributed by atoms with Crippen LogP contribution >= 0.6 is 12.4 Å². The van der Waals surface area contributed by atoms with Crippen molar-refractivity contribution >= 4 is 18.3 Å². The molecule has 0 saturated heterocycles. The SMILES string of the molecule is COCCNCCNC(=O)CCCC1CCCC1.Cl. The fourth-order valence-electron chi connectivity index (χ4n) is 2.53. The second kappa shape index (κ2) is 12.7. The van der Waals surface area contributed by atoms with Crippen molar-refractivity contribution in [2.45, 2.75) is 44.9 Å². The first-order chi connectivity index (χ1) is 8.83. The fraction of sp³-hybridized carbons (Fsp3) is 0.929. The van der Waals surface area contributed by atoms with Crippen molar-refractivity contribution in [3.8, 4) is 0 Å². The summed E-state index contributed by atoms with van der Waals surface area (Å²) in [4.78, 5) is 11.5. The zero-order chi connectivity index (χ0) is 13.1. The number of carbonyl (C=O) groups is 1. The van der Waals surface area contributed by atoms with E-state index >= 15 is 0 Å². The lowest BCUT2D eigenvalue weighted by Gasteiger charge is -2.09. The van der Waals surface area contributed by atoms with Gasteiger partial charge in [-0.15, -0.1) is 12.4 Å². The van der Waals surface area contributed by atoms with Gasteiger partial charge in [0.15, 0.2) is 0 Å². The maximum Gasteiger partial charge on any atom is 0.220 e. The largest absolute Gasteiger partial charge is 0.383 e. The summed E-state index contributed by atoms with van der Waals surface area (Å²) in [6.07, 6.45) is 8.52. The minimum atomic E-state index is 0. The quantitative estimate of drug-likeness (QED) is 0.607. The van der Waals surface area contributed by atoms with Crippen LogP contribution in [0, 0.1) is 5.92 Å². The normalized spacial score (nSPS) is 15.2. The van der Waals surface area contributed by atoms with Crippen molar-refractivity contribution in [2.75, 3.05) is 33.4 Å². The fourth-order valence-corrected chi connectivity index (χ4v) is 2.53. The molecule has 1 aliphatic carbocycles. The van der Waals surface area contributed by atoms with E-state index in [1.165, 1.54) is 32.1 Å². The predicted molar refractivity (Wildman–Crippen MR) is 80.8 cm³/mol. The summed E-state index contributed by atoms with van der Waals surface area (Å²) in [7, 11) is 1.69. The van der Waals surface area contributed by atoms with Gasteiger partial charge in [-0.2, -0.15) is 0 Å². The second-order valence-electron chi connectivity index (χ2n) is 5.14. The molecule has 2 N–H and O–H groups in total. The molecular formula is C14H29ClN2O2. The molecule has 0 aromatic heterocycles. The smallest absolute Gasteiger partial charge is 0.220 e. The van der Waals surface area contributed by atoms with Crippen LogP contribution in [0.3, 0.4) is 0 Å².